The number of nitrogens with one attached hydrogen (secondary N) is 2. The molecule has 1 fully saturated rings. The number of carbonyl (C=O) groups excluding carboxylic acids is 2. The van der Waals surface area contributed by atoms with Crippen LogP contribution in [0.1, 0.15) is 46.8 Å². The molecular formula is C23H23N5O2. The fourth-order valence-corrected chi connectivity index (χ4v) is 4.39. The Balaban J connectivity index is 1.34. The Morgan fingerprint density at radius 1 is 1.13 bits per heavy atom. The molecule has 2 amide bonds. The van der Waals surface area contributed by atoms with Gasteiger partial charge in [-0.1, -0.05) is 48.5 Å². The molecule has 30 heavy (non-hydrogen) atoms. The highest BCUT2D eigenvalue weighted by molar-refractivity contribution is 6.02. The van der Waals surface area contributed by atoms with Crippen LogP contribution >= 0.6 is 0 Å². The molecule has 7 nitrogen and oxygen atoms in total. The van der Waals surface area contributed by atoms with E-state index in [1.165, 1.54) is 5.56 Å². The van der Waals surface area contributed by atoms with E-state index in [2.05, 4.69) is 26.6 Å². The van der Waals surface area contributed by atoms with E-state index in [9.17, 15) is 9.59 Å². The number of H-pyrrole nitrogens is 1. The number of para-hydroxylation sites is 1. The Bertz CT molecular complexity index is 1100. The zero-order valence-corrected chi connectivity index (χ0v) is 16.8. The van der Waals surface area contributed by atoms with Crippen molar-refractivity contribution in [1.82, 2.24) is 20.5 Å². The molecule has 0 bridgehead atoms. The molecule has 1 aliphatic carbocycles. The smallest absolute Gasteiger partial charge is 0.289 e. The molecule has 0 saturated heterocycles. The molecule has 1 unspecified atom stereocenters. The van der Waals surface area contributed by atoms with Crippen molar-refractivity contribution in [2.45, 2.75) is 37.1 Å². The topological polar surface area (TPSA) is 91.0 Å². The van der Waals surface area contributed by atoms with Gasteiger partial charge < -0.3 is 15.2 Å². The van der Waals surface area contributed by atoms with Gasteiger partial charge in [-0.2, -0.15) is 0 Å². The minimum Gasteiger partial charge on any atom is -0.337 e. The minimum absolute atomic E-state index is 0.0329. The summed E-state index contributed by atoms with van der Waals surface area (Å²) in [5, 5.41) is 11.0. The van der Waals surface area contributed by atoms with Gasteiger partial charge in [0.15, 0.2) is 0 Å². The molecule has 1 aromatic heterocycles. The van der Waals surface area contributed by atoms with Crippen LogP contribution in [-0.2, 0) is 16.6 Å². The summed E-state index contributed by atoms with van der Waals surface area (Å²) < 4.78 is 0. The number of nitrogens with zero attached hydrogens (tertiary/aromatic N) is 3. The zero-order chi connectivity index (χ0) is 20.7. The Hall–Kier alpha value is -3.48. The SMILES string of the molecule is CN1C(=O)C(NC(=O)c2nnc(Cc3ccccc3)[nH]2)CC2(CC2)c2ccccc21. The number of rotatable bonds is 4. The number of benzene rings is 2. The van der Waals surface area contributed by atoms with Crippen LogP contribution in [0, 0.1) is 0 Å². The van der Waals surface area contributed by atoms with Crippen molar-refractivity contribution >= 4 is 17.5 Å². The maximum Gasteiger partial charge on any atom is 0.289 e. The van der Waals surface area contributed by atoms with E-state index in [1.807, 2.05) is 48.5 Å². The van der Waals surface area contributed by atoms with Gasteiger partial charge in [0, 0.05) is 19.2 Å². The molecule has 152 valence electrons. The van der Waals surface area contributed by atoms with E-state index in [0.717, 1.165) is 24.1 Å². The van der Waals surface area contributed by atoms with Crippen LogP contribution < -0.4 is 10.2 Å². The lowest BCUT2D eigenvalue weighted by Gasteiger charge is -2.21. The molecule has 2 N–H and O–H groups in total. The molecule has 5 rings (SSSR count). The Kier molecular flexibility index (Phi) is 4.38. The first-order chi connectivity index (χ1) is 14.6. The molecular weight excluding hydrogens is 378 g/mol. The number of aromatic nitrogens is 3. The van der Waals surface area contributed by atoms with Crippen molar-refractivity contribution in [2.24, 2.45) is 0 Å². The first kappa shape index (κ1) is 18.5. The lowest BCUT2D eigenvalue weighted by molar-refractivity contribution is -0.120. The molecule has 0 radical (unpaired) electrons. The maximum atomic E-state index is 13.1. The lowest BCUT2D eigenvalue weighted by Crippen LogP contribution is -2.47. The van der Waals surface area contributed by atoms with Crippen molar-refractivity contribution in [3.63, 3.8) is 0 Å². The van der Waals surface area contributed by atoms with Gasteiger partial charge in [0.1, 0.15) is 11.9 Å². The Morgan fingerprint density at radius 3 is 2.63 bits per heavy atom. The van der Waals surface area contributed by atoms with Crippen molar-refractivity contribution in [3.05, 3.63) is 77.4 Å². The molecule has 1 aliphatic heterocycles. The van der Waals surface area contributed by atoms with Crippen molar-refractivity contribution in [3.8, 4) is 0 Å². The summed E-state index contributed by atoms with van der Waals surface area (Å²) in [6.07, 6.45) is 3.22. The van der Waals surface area contributed by atoms with Crippen molar-refractivity contribution < 1.29 is 9.59 Å². The number of carbonyl (C=O) groups is 2. The van der Waals surface area contributed by atoms with Gasteiger partial charge in [-0.15, -0.1) is 10.2 Å². The molecule has 2 aromatic carbocycles. The average molecular weight is 401 g/mol. The highest BCUT2D eigenvalue weighted by Crippen LogP contribution is 2.55. The number of hydrogen-bond acceptors (Lipinski definition) is 4. The fraction of sp³-hybridized carbons (Fsp3) is 0.304. The third kappa shape index (κ3) is 3.26. The molecule has 1 saturated carbocycles. The van der Waals surface area contributed by atoms with E-state index >= 15 is 0 Å². The standard InChI is InChI=1S/C23H23N5O2/c1-28-18-10-6-5-9-16(18)23(11-12-23)14-17(22(28)30)24-21(29)20-25-19(26-27-20)13-15-7-3-2-4-8-15/h2-10,17H,11-14H2,1H3,(H,24,29)(H,25,26,27). The summed E-state index contributed by atoms with van der Waals surface area (Å²) in [6.45, 7) is 0. The Morgan fingerprint density at radius 2 is 1.87 bits per heavy atom. The number of anilines is 1. The molecule has 3 aromatic rings. The second kappa shape index (κ2) is 7.09. The normalized spacial score (nSPS) is 19.3. The number of aromatic amines is 1. The summed E-state index contributed by atoms with van der Waals surface area (Å²) in [6, 6.07) is 17.3. The molecule has 7 heteroatoms. The molecule has 1 atom stereocenters. The van der Waals surface area contributed by atoms with Gasteiger partial charge in [-0.05, 0) is 41.9 Å². The zero-order valence-electron chi connectivity index (χ0n) is 16.8. The van der Waals surface area contributed by atoms with Gasteiger partial charge in [-0.3, -0.25) is 9.59 Å². The molecule has 2 heterocycles. The van der Waals surface area contributed by atoms with Crippen LogP contribution in [-0.4, -0.2) is 40.1 Å². The summed E-state index contributed by atoms with van der Waals surface area (Å²) in [4.78, 5) is 30.6. The van der Waals surface area contributed by atoms with E-state index in [4.69, 9.17) is 0 Å². The third-order valence-electron chi connectivity index (χ3n) is 6.18. The van der Waals surface area contributed by atoms with E-state index < -0.39 is 11.9 Å². The first-order valence-corrected chi connectivity index (χ1v) is 10.2. The number of fused-ring (bicyclic) bond motifs is 2. The van der Waals surface area contributed by atoms with Gasteiger partial charge in [0.25, 0.3) is 5.91 Å². The quantitative estimate of drug-likeness (QED) is 0.703. The van der Waals surface area contributed by atoms with Gasteiger partial charge in [0.2, 0.25) is 11.7 Å². The molecule has 1 spiro atoms. The summed E-state index contributed by atoms with van der Waals surface area (Å²) in [5.74, 6) is 0.226. The fourth-order valence-electron chi connectivity index (χ4n) is 4.39. The van der Waals surface area contributed by atoms with E-state index in [-0.39, 0.29) is 17.1 Å². The third-order valence-corrected chi connectivity index (χ3v) is 6.18. The lowest BCUT2D eigenvalue weighted by atomic mass is 9.89. The van der Waals surface area contributed by atoms with Gasteiger partial charge >= 0.3 is 0 Å². The van der Waals surface area contributed by atoms with Crippen LogP contribution in [0.5, 0.6) is 0 Å². The highest BCUT2D eigenvalue weighted by Gasteiger charge is 2.51. The maximum absolute atomic E-state index is 13.1. The minimum atomic E-state index is -0.597. The largest absolute Gasteiger partial charge is 0.337 e. The molecule has 2 aliphatic rings. The monoisotopic (exact) mass is 401 g/mol. The summed E-state index contributed by atoms with van der Waals surface area (Å²) in [5.41, 5.74) is 3.17. The number of hydrogen-bond donors (Lipinski definition) is 2. The Labute approximate surface area is 174 Å². The summed E-state index contributed by atoms with van der Waals surface area (Å²) in [7, 11) is 1.77. The van der Waals surface area contributed by atoms with Crippen LogP contribution in [0.2, 0.25) is 0 Å². The number of likely N-dealkylation sites (N-methyl/N-ethyl adjacent to an activating group) is 1. The summed E-state index contributed by atoms with van der Waals surface area (Å²) >= 11 is 0. The van der Waals surface area contributed by atoms with Gasteiger partial charge in [-0.25, -0.2) is 0 Å². The van der Waals surface area contributed by atoms with Gasteiger partial charge in [0.05, 0.1) is 0 Å². The van der Waals surface area contributed by atoms with E-state index in [1.54, 1.807) is 11.9 Å². The predicted octanol–water partition coefficient (Wildman–Crippen LogP) is 2.59. The van der Waals surface area contributed by atoms with Crippen LogP contribution in [0.3, 0.4) is 0 Å². The van der Waals surface area contributed by atoms with E-state index in [0.29, 0.717) is 18.7 Å². The van der Waals surface area contributed by atoms with Crippen molar-refractivity contribution in [1.29, 1.82) is 0 Å². The second-order valence-electron chi connectivity index (χ2n) is 8.21. The predicted molar refractivity (Wildman–Crippen MR) is 112 cm³/mol. The average Bonchev–Trinajstić information content (AvgIpc) is 3.42. The first-order valence-electron chi connectivity index (χ1n) is 10.2. The van der Waals surface area contributed by atoms with Crippen LogP contribution in [0.4, 0.5) is 5.69 Å². The highest BCUT2D eigenvalue weighted by atomic mass is 16.2. The second-order valence-corrected chi connectivity index (χ2v) is 8.21. The van der Waals surface area contributed by atoms with Crippen LogP contribution in [0.25, 0.3) is 0 Å². The number of amides is 2. The van der Waals surface area contributed by atoms with Crippen LogP contribution in [0.15, 0.2) is 54.6 Å². The van der Waals surface area contributed by atoms with Crippen molar-refractivity contribution in [2.75, 3.05) is 11.9 Å².